The Kier molecular flexibility index (Phi) is 4.73. The van der Waals surface area contributed by atoms with Gasteiger partial charge in [-0.25, -0.2) is 0 Å². The summed E-state index contributed by atoms with van der Waals surface area (Å²) in [4.78, 5) is 27.4. The number of carbonyl (C=O) groups is 2. The lowest BCUT2D eigenvalue weighted by atomic mass is 9.78. The van der Waals surface area contributed by atoms with Crippen molar-refractivity contribution < 1.29 is 14.3 Å². The molecule has 1 aliphatic heterocycles. The Balaban J connectivity index is 1.17. The van der Waals surface area contributed by atoms with Gasteiger partial charge >= 0.3 is 0 Å². The van der Waals surface area contributed by atoms with E-state index in [1.807, 2.05) is 30.3 Å². The molecule has 4 atom stereocenters. The predicted molar refractivity (Wildman–Crippen MR) is 132 cm³/mol. The zero-order chi connectivity index (χ0) is 23.4. The molecule has 0 N–H and O–H groups in total. The molecule has 4 nitrogen and oxygen atoms in total. The van der Waals surface area contributed by atoms with E-state index in [1.54, 1.807) is 12.1 Å². The van der Waals surface area contributed by atoms with Crippen LogP contribution in [0.15, 0.2) is 91.0 Å². The molecule has 2 aliphatic carbocycles. The summed E-state index contributed by atoms with van der Waals surface area (Å²) in [5, 5.41) is 0. The Hall–Kier alpha value is -3.66. The summed E-state index contributed by atoms with van der Waals surface area (Å²) in [5.41, 5.74) is 2.99. The van der Waals surface area contributed by atoms with Crippen molar-refractivity contribution in [3.8, 4) is 11.5 Å². The van der Waals surface area contributed by atoms with E-state index in [4.69, 9.17) is 4.74 Å². The van der Waals surface area contributed by atoms with Crippen LogP contribution in [0.4, 0.5) is 5.69 Å². The van der Waals surface area contributed by atoms with Crippen molar-refractivity contribution in [1.82, 2.24) is 0 Å². The Morgan fingerprint density at radius 3 is 1.76 bits per heavy atom. The number of benzene rings is 3. The fourth-order valence-electron chi connectivity index (χ4n) is 5.92. The molecule has 3 aromatic rings. The molecule has 0 radical (unpaired) electrons. The third kappa shape index (κ3) is 3.20. The number of imide groups is 1. The van der Waals surface area contributed by atoms with Crippen molar-refractivity contribution in [2.45, 2.75) is 25.7 Å². The lowest BCUT2D eigenvalue weighted by Crippen LogP contribution is -2.32. The van der Waals surface area contributed by atoms with E-state index in [-0.39, 0.29) is 40.9 Å². The van der Waals surface area contributed by atoms with Crippen molar-refractivity contribution in [2.75, 3.05) is 4.90 Å². The summed E-state index contributed by atoms with van der Waals surface area (Å²) in [5.74, 6) is 1.36. The maximum Gasteiger partial charge on any atom is 0.238 e. The Labute approximate surface area is 199 Å². The van der Waals surface area contributed by atoms with Crippen LogP contribution < -0.4 is 9.64 Å². The van der Waals surface area contributed by atoms with Crippen LogP contribution in [0.2, 0.25) is 0 Å². The predicted octanol–water partition coefficient (Wildman–Crippen LogP) is 6.12. The minimum atomic E-state index is -0.183. The number of allylic oxidation sites excluding steroid dienone is 2. The lowest BCUT2D eigenvalue weighted by molar-refractivity contribution is -0.123. The summed E-state index contributed by atoms with van der Waals surface area (Å²) in [6.45, 7) is 4.43. The molecule has 170 valence electrons. The van der Waals surface area contributed by atoms with Gasteiger partial charge in [0.15, 0.2) is 0 Å². The molecular weight excluding hydrogens is 422 g/mol. The number of hydrogen-bond acceptors (Lipinski definition) is 3. The smallest absolute Gasteiger partial charge is 0.238 e. The summed E-state index contributed by atoms with van der Waals surface area (Å²) in [7, 11) is 0. The van der Waals surface area contributed by atoms with E-state index < -0.39 is 0 Å². The second-order valence-electron chi connectivity index (χ2n) is 10.1. The van der Waals surface area contributed by atoms with Crippen molar-refractivity contribution in [3.63, 3.8) is 0 Å². The molecule has 3 aliphatic rings. The van der Waals surface area contributed by atoms with E-state index in [9.17, 15) is 9.59 Å². The number of anilines is 1. The first-order valence-corrected chi connectivity index (χ1v) is 11.9. The van der Waals surface area contributed by atoms with E-state index >= 15 is 0 Å². The summed E-state index contributed by atoms with van der Waals surface area (Å²) < 4.78 is 6.04. The van der Waals surface area contributed by atoms with Crippen molar-refractivity contribution in [2.24, 2.45) is 23.7 Å². The quantitative estimate of drug-likeness (QED) is 0.348. The van der Waals surface area contributed by atoms with Gasteiger partial charge in [0, 0.05) is 5.41 Å². The van der Waals surface area contributed by atoms with Crippen LogP contribution in [0.3, 0.4) is 0 Å². The van der Waals surface area contributed by atoms with Gasteiger partial charge in [-0.05, 0) is 65.8 Å². The molecule has 2 fully saturated rings. The average molecular weight is 450 g/mol. The van der Waals surface area contributed by atoms with Crippen molar-refractivity contribution in [1.29, 1.82) is 0 Å². The molecule has 2 bridgehead atoms. The molecule has 1 saturated carbocycles. The maximum atomic E-state index is 13.0. The molecule has 0 spiro atoms. The van der Waals surface area contributed by atoms with E-state index in [0.717, 1.165) is 12.2 Å². The highest BCUT2D eigenvalue weighted by molar-refractivity contribution is 6.22. The highest BCUT2D eigenvalue weighted by Crippen LogP contribution is 2.53. The van der Waals surface area contributed by atoms with Crippen LogP contribution in [-0.2, 0) is 15.0 Å². The van der Waals surface area contributed by atoms with Gasteiger partial charge in [-0.3, -0.25) is 14.5 Å². The number of nitrogens with zero attached hydrogens (tertiary/aromatic N) is 1. The van der Waals surface area contributed by atoms with Crippen molar-refractivity contribution >= 4 is 17.5 Å². The Bertz CT molecular complexity index is 1240. The lowest BCUT2D eigenvalue weighted by Gasteiger charge is -2.26. The zero-order valence-corrected chi connectivity index (χ0v) is 19.3. The van der Waals surface area contributed by atoms with Crippen LogP contribution in [0.25, 0.3) is 0 Å². The van der Waals surface area contributed by atoms with Gasteiger partial charge in [-0.2, -0.15) is 0 Å². The highest BCUT2D eigenvalue weighted by atomic mass is 16.5. The summed E-state index contributed by atoms with van der Waals surface area (Å²) in [6.07, 6.45) is 5.17. The second kappa shape index (κ2) is 7.69. The first kappa shape index (κ1) is 20.9. The van der Waals surface area contributed by atoms with Gasteiger partial charge in [0.1, 0.15) is 11.5 Å². The van der Waals surface area contributed by atoms with Gasteiger partial charge < -0.3 is 4.74 Å². The van der Waals surface area contributed by atoms with E-state index in [1.165, 1.54) is 16.0 Å². The third-order valence-corrected chi connectivity index (χ3v) is 7.87. The first-order chi connectivity index (χ1) is 16.4. The standard InChI is InChI=1S/C30H27NO3/c1-30(2,21-6-4-3-5-7-21)22-10-14-24(15-11-22)34-25-16-12-23(13-17-25)31-28(32)26-19-8-9-20(18-19)27(26)29(31)33/h3-17,19-20,26-27H,18H2,1-2H3. The highest BCUT2D eigenvalue weighted by Gasteiger charge is 2.59. The molecule has 1 saturated heterocycles. The largest absolute Gasteiger partial charge is 0.457 e. The van der Waals surface area contributed by atoms with Crippen LogP contribution in [0.5, 0.6) is 11.5 Å². The van der Waals surface area contributed by atoms with Crippen LogP contribution in [-0.4, -0.2) is 11.8 Å². The SMILES string of the molecule is CC(C)(c1ccccc1)c1ccc(Oc2ccc(N3C(=O)C4C5C=CC(C5)C4C3=O)cc2)cc1. The number of amides is 2. The molecular formula is C30H27NO3. The molecule has 1 heterocycles. The molecule has 0 aromatic heterocycles. The van der Waals surface area contributed by atoms with Gasteiger partial charge in [0.2, 0.25) is 11.8 Å². The Morgan fingerprint density at radius 2 is 1.21 bits per heavy atom. The molecule has 3 aromatic carbocycles. The number of fused-ring (bicyclic) bond motifs is 5. The first-order valence-electron chi connectivity index (χ1n) is 11.9. The number of rotatable bonds is 5. The third-order valence-electron chi connectivity index (χ3n) is 7.87. The van der Waals surface area contributed by atoms with Gasteiger partial charge in [-0.15, -0.1) is 0 Å². The summed E-state index contributed by atoms with van der Waals surface area (Å²) in [6, 6.07) is 25.8. The molecule has 6 rings (SSSR count). The minimum Gasteiger partial charge on any atom is -0.457 e. The number of hydrogen-bond donors (Lipinski definition) is 0. The molecule has 4 heteroatoms. The normalized spacial score (nSPS) is 25.2. The zero-order valence-electron chi connectivity index (χ0n) is 19.3. The topological polar surface area (TPSA) is 46.6 Å². The van der Waals surface area contributed by atoms with E-state index in [0.29, 0.717) is 11.4 Å². The number of ether oxygens (including phenoxy) is 1. The summed E-state index contributed by atoms with van der Waals surface area (Å²) >= 11 is 0. The van der Waals surface area contributed by atoms with Crippen LogP contribution >= 0.6 is 0 Å². The molecule has 34 heavy (non-hydrogen) atoms. The van der Waals surface area contributed by atoms with Gasteiger partial charge in [0.25, 0.3) is 0 Å². The minimum absolute atomic E-state index is 0.0582. The van der Waals surface area contributed by atoms with Crippen LogP contribution in [0, 0.1) is 23.7 Å². The second-order valence-corrected chi connectivity index (χ2v) is 10.1. The van der Waals surface area contributed by atoms with Crippen molar-refractivity contribution in [3.05, 3.63) is 102 Å². The Morgan fingerprint density at radius 1 is 0.706 bits per heavy atom. The van der Waals surface area contributed by atoms with Crippen LogP contribution in [0.1, 0.15) is 31.4 Å². The molecule has 4 unspecified atom stereocenters. The van der Waals surface area contributed by atoms with Gasteiger partial charge in [0.05, 0.1) is 17.5 Å². The van der Waals surface area contributed by atoms with E-state index in [2.05, 4.69) is 62.4 Å². The average Bonchev–Trinajstić information content (AvgIpc) is 3.54. The molecule has 2 amide bonds. The number of carbonyl (C=O) groups excluding carboxylic acids is 2. The maximum absolute atomic E-state index is 13.0. The monoisotopic (exact) mass is 449 g/mol. The fourth-order valence-corrected chi connectivity index (χ4v) is 5.92. The van der Waals surface area contributed by atoms with Gasteiger partial charge in [-0.1, -0.05) is 68.5 Å². The fraction of sp³-hybridized carbons (Fsp3) is 0.267.